The number of benzene rings is 2. The summed E-state index contributed by atoms with van der Waals surface area (Å²) < 4.78 is 20.8. The Morgan fingerprint density at radius 1 is 0.969 bits per heavy atom. The van der Waals surface area contributed by atoms with Gasteiger partial charge in [-0.25, -0.2) is 0 Å². The summed E-state index contributed by atoms with van der Waals surface area (Å²) >= 11 is 0. The molecule has 0 aliphatic heterocycles. The molecule has 8 nitrogen and oxygen atoms in total. The van der Waals surface area contributed by atoms with Crippen molar-refractivity contribution in [2.45, 2.75) is 12.8 Å². The lowest BCUT2D eigenvalue weighted by Crippen LogP contribution is -2.27. The van der Waals surface area contributed by atoms with E-state index in [-0.39, 0.29) is 18.0 Å². The molecule has 32 heavy (non-hydrogen) atoms. The first-order valence-electron chi connectivity index (χ1n) is 10.0. The minimum absolute atomic E-state index is 0.0253. The van der Waals surface area contributed by atoms with Gasteiger partial charge in [0.05, 0.1) is 20.3 Å². The van der Waals surface area contributed by atoms with Crippen molar-refractivity contribution in [3.05, 3.63) is 59.7 Å². The Labute approximate surface area is 187 Å². The van der Waals surface area contributed by atoms with Crippen LogP contribution in [-0.2, 0) is 14.3 Å². The van der Waals surface area contributed by atoms with Crippen LogP contribution in [0.3, 0.4) is 0 Å². The summed E-state index contributed by atoms with van der Waals surface area (Å²) in [4.78, 5) is 24.0. The van der Waals surface area contributed by atoms with E-state index in [4.69, 9.17) is 18.9 Å². The van der Waals surface area contributed by atoms with Gasteiger partial charge >= 0.3 is 5.97 Å². The molecular weight excluding hydrogens is 412 g/mol. The lowest BCUT2D eigenvalue weighted by molar-refractivity contribution is -0.134. The topological polar surface area (TPSA) is 107 Å². The zero-order valence-corrected chi connectivity index (χ0v) is 18.1. The maximum absolute atomic E-state index is 12.0. The van der Waals surface area contributed by atoms with Gasteiger partial charge < -0.3 is 24.3 Å². The Kier molecular flexibility index (Phi) is 10.3. The molecule has 0 aromatic heterocycles. The maximum atomic E-state index is 12.0. The van der Waals surface area contributed by atoms with Crippen molar-refractivity contribution in [1.29, 1.82) is 5.26 Å². The van der Waals surface area contributed by atoms with E-state index in [1.54, 1.807) is 55.6 Å². The highest BCUT2D eigenvalue weighted by Crippen LogP contribution is 2.18. The number of nitriles is 1. The van der Waals surface area contributed by atoms with Crippen LogP contribution < -0.4 is 19.5 Å². The fraction of sp³-hybridized carbons (Fsp3) is 0.292. The summed E-state index contributed by atoms with van der Waals surface area (Å²) in [6.45, 7) is 1.06. The van der Waals surface area contributed by atoms with Gasteiger partial charge in [-0.2, -0.15) is 5.26 Å². The number of hydrogen-bond acceptors (Lipinski definition) is 7. The summed E-state index contributed by atoms with van der Waals surface area (Å²) in [5.41, 5.74) is 0.610. The van der Waals surface area contributed by atoms with Crippen molar-refractivity contribution >= 4 is 18.0 Å². The van der Waals surface area contributed by atoms with Crippen LogP contribution >= 0.6 is 0 Å². The van der Waals surface area contributed by atoms with Crippen LogP contribution in [0.15, 0.2) is 54.1 Å². The SMILES string of the molecule is COCCNC(=O)/C(C#N)=C/c1ccc(OC(=O)CCCOc2ccc(OC)cc2)cc1. The number of hydrogen-bond donors (Lipinski definition) is 1. The number of amides is 1. The predicted molar refractivity (Wildman–Crippen MR) is 118 cm³/mol. The standard InChI is InChI=1S/C24H26N2O6/c1-29-15-13-26-24(28)19(17-25)16-18-5-7-22(8-6-18)32-23(27)4-3-14-31-21-11-9-20(30-2)10-12-21/h5-12,16H,3-4,13-15H2,1-2H3,(H,26,28)/b19-16+. The van der Waals surface area contributed by atoms with E-state index in [0.29, 0.717) is 43.2 Å². The average Bonchev–Trinajstić information content (AvgIpc) is 2.81. The molecule has 0 aliphatic rings. The third-order valence-corrected chi connectivity index (χ3v) is 4.23. The molecule has 0 radical (unpaired) electrons. The van der Waals surface area contributed by atoms with Crippen LogP contribution in [0.25, 0.3) is 6.08 Å². The van der Waals surface area contributed by atoms with E-state index in [1.807, 2.05) is 6.07 Å². The molecule has 0 spiro atoms. The van der Waals surface area contributed by atoms with Crippen molar-refractivity contribution < 1.29 is 28.5 Å². The minimum atomic E-state index is -0.475. The number of carbonyl (C=O) groups excluding carboxylic acids is 2. The van der Waals surface area contributed by atoms with Gasteiger partial charge in [-0.15, -0.1) is 0 Å². The molecule has 0 fully saturated rings. The zero-order chi connectivity index (χ0) is 23.2. The first-order chi connectivity index (χ1) is 15.5. The second kappa shape index (κ2) is 13.5. The van der Waals surface area contributed by atoms with Gasteiger partial charge in [0.1, 0.15) is 28.9 Å². The highest BCUT2D eigenvalue weighted by atomic mass is 16.5. The Bertz CT molecular complexity index is 946. The van der Waals surface area contributed by atoms with Gasteiger partial charge in [-0.3, -0.25) is 9.59 Å². The van der Waals surface area contributed by atoms with Gasteiger partial charge in [0, 0.05) is 20.1 Å². The largest absolute Gasteiger partial charge is 0.497 e. The summed E-state index contributed by atoms with van der Waals surface area (Å²) in [5, 5.41) is 11.8. The molecule has 2 aromatic carbocycles. The summed E-state index contributed by atoms with van der Waals surface area (Å²) in [6, 6.07) is 15.6. The molecule has 0 heterocycles. The zero-order valence-electron chi connectivity index (χ0n) is 18.1. The number of ether oxygens (including phenoxy) is 4. The van der Waals surface area contributed by atoms with Crippen molar-refractivity contribution in [3.63, 3.8) is 0 Å². The third-order valence-electron chi connectivity index (χ3n) is 4.23. The van der Waals surface area contributed by atoms with E-state index in [0.717, 1.165) is 5.75 Å². The Balaban J connectivity index is 1.77. The summed E-state index contributed by atoms with van der Waals surface area (Å²) in [6.07, 6.45) is 2.18. The van der Waals surface area contributed by atoms with E-state index >= 15 is 0 Å². The monoisotopic (exact) mass is 438 g/mol. The minimum Gasteiger partial charge on any atom is -0.497 e. The van der Waals surface area contributed by atoms with Gasteiger partial charge in [-0.1, -0.05) is 12.1 Å². The lowest BCUT2D eigenvalue weighted by Gasteiger charge is -2.07. The fourth-order valence-corrected chi connectivity index (χ4v) is 2.57. The van der Waals surface area contributed by atoms with Crippen molar-refractivity contribution in [3.8, 4) is 23.3 Å². The first-order valence-corrected chi connectivity index (χ1v) is 10.0. The molecule has 0 bridgehead atoms. The molecule has 2 rings (SSSR count). The van der Waals surface area contributed by atoms with Gasteiger partial charge in [-0.05, 0) is 54.5 Å². The van der Waals surface area contributed by atoms with E-state index in [1.165, 1.54) is 13.2 Å². The lowest BCUT2D eigenvalue weighted by atomic mass is 10.1. The van der Waals surface area contributed by atoms with E-state index < -0.39 is 5.91 Å². The van der Waals surface area contributed by atoms with Crippen LogP contribution in [0.5, 0.6) is 17.2 Å². The second-order valence-corrected chi connectivity index (χ2v) is 6.59. The van der Waals surface area contributed by atoms with E-state index in [2.05, 4.69) is 5.32 Å². The second-order valence-electron chi connectivity index (χ2n) is 6.59. The molecule has 0 saturated carbocycles. The Hall–Kier alpha value is -3.83. The van der Waals surface area contributed by atoms with Crippen LogP contribution in [0.1, 0.15) is 18.4 Å². The number of carbonyl (C=O) groups is 2. The Morgan fingerprint density at radius 2 is 1.62 bits per heavy atom. The van der Waals surface area contributed by atoms with Crippen LogP contribution in [0.4, 0.5) is 0 Å². The highest BCUT2D eigenvalue weighted by Gasteiger charge is 2.09. The number of rotatable bonds is 12. The molecular formula is C24H26N2O6. The number of nitrogens with zero attached hydrogens (tertiary/aromatic N) is 1. The number of esters is 1. The van der Waals surface area contributed by atoms with Crippen LogP contribution in [-0.4, -0.2) is 45.9 Å². The Morgan fingerprint density at radius 3 is 2.25 bits per heavy atom. The van der Waals surface area contributed by atoms with Gasteiger partial charge in [0.25, 0.3) is 5.91 Å². The first kappa shape index (κ1) is 24.4. The average molecular weight is 438 g/mol. The molecule has 8 heteroatoms. The highest BCUT2D eigenvalue weighted by molar-refractivity contribution is 6.01. The van der Waals surface area contributed by atoms with Gasteiger partial charge in [0.15, 0.2) is 0 Å². The van der Waals surface area contributed by atoms with Gasteiger partial charge in [0.2, 0.25) is 0 Å². The molecule has 0 unspecified atom stereocenters. The molecule has 1 amide bonds. The van der Waals surface area contributed by atoms with Crippen molar-refractivity contribution in [1.82, 2.24) is 5.32 Å². The summed E-state index contributed by atoms with van der Waals surface area (Å²) in [7, 11) is 3.12. The predicted octanol–water partition coefficient (Wildman–Crippen LogP) is 3.13. The smallest absolute Gasteiger partial charge is 0.311 e. The third kappa shape index (κ3) is 8.50. The maximum Gasteiger partial charge on any atom is 0.311 e. The van der Waals surface area contributed by atoms with Crippen LogP contribution in [0.2, 0.25) is 0 Å². The molecule has 0 atom stereocenters. The molecule has 168 valence electrons. The molecule has 2 aromatic rings. The molecule has 0 aliphatic carbocycles. The van der Waals surface area contributed by atoms with Crippen molar-refractivity contribution in [2.24, 2.45) is 0 Å². The normalized spacial score (nSPS) is 10.7. The number of nitrogens with one attached hydrogen (secondary N) is 1. The molecule has 1 N–H and O–H groups in total. The fourth-order valence-electron chi connectivity index (χ4n) is 2.57. The quantitative estimate of drug-likeness (QED) is 0.178. The number of methoxy groups -OCH3 is 2. The van der Waals surface area contributed by atoms with E-state index in [9.17, 15) is 14.9 Å². The molecule has 0 saturated heterocycles. The van der Waals surface area contributed by atoms with Crippen LogP contribution in [0, 0.1) is 11.3 Å². The van der Waals surface area contributed by atoms with Crippen molar-refractivity contribution in [2.75, 3.05) is 34.0 Å². The summed E-state index contributed by atoms with van der Waals surface area (Å²) in [5.74, 6) is 0.980.